The van der Waals surface area contributed by atoms with Gasteiger partial charge in [-0.2, -0.15) is 0 Å². The van der Waals surface area contributed by atoms with Crippen LogP contribution in [0.25, 0.3) is 0 Å². The molecule has 1 aliphatic rings. The predicted molar refractivity (Wildman–Crippen MR) is 30.0 cm³/mol. The fourth-order valence-corrected chi connectivity index (χ4v) is 0.888. The normalized spacial score (nSPS) is 41.1. The first kappa shape index (κ1) is 7.90. The summed E-state index contributed by atoms with van der Waals surface area (Å²) in [6.45, 7) is -0.0521. The van der Waals surface area contributed by atoms with E-state index < -0.39 is 24.6 Å². The van der Waals surface area contributed by atoms with Gasteiger partial charge in [-0.25, -0.2) is 0 Å². The van der Waals surface area contributed by atoms with Crippen molar-refractivity contribution in [3.63, 3.8) is 0 Å². The molecule has 3 atom stereocenters. The molecular weight excluding hydrogens is 140 g/mol. The molecule has 0 radical (unpaired) electrons. The first-order chi connectivity index (χ1) is 4.63. The van der Waals surface area contributed by atoms with Crippen LogP contribution in [0.1, 0.15) is 0 Å². The lowest BCUT2D eigenvalue weighted by Crippen LogP contribution is -2.38. The van der Waals surface area contributed by atoms with E-state index in [9.17, 15) is 0 Å². The smallest absolute Gasteiger partial charge is 0.181 e. The van der Waals surface area contributed by atoms with Crippen molar-refractivity contribution in [1.29, 1.82) is 0 Å². The monoisotopic (exact) mass is 150 g/mol. The Balaban J connectivity index is 2.49. The SMILES string of the molecule is OC(O)C1OCC(O)C1O. The molecule has 0 amide bonds. The van der Waals surface area contributed by atoms with Gasteiger partial charge in [0, 0.05) is 0 Å². The topological polar surface area (TPSA) is 90.2 Å². The van der Waals surface area contributed by atoms with Crippen LogP contribution in [0.3, 0.4) is 0 Å². The van der Waals surface area contributed by atoms with E-state index in [-0.39, 0.29) is 6.61 Å². The summed E-state index contributed by atoms with van der Waals surface area (Å²) < 4.78 is 4.64. The Bertz CT molecular complexity index is 115. The van der Waals surface area contributed by atoms with Gasteiger partial charge >= 0.3 is 0 Å². The van der Waals surface area contributed by atoms with Crippen molar-refractivity contribution in [2.75, 3.05) is 6.61 Å². The molecule has 1 fully saturated rings. The molecule has 10 heavy (non-hydrogen) atoms. The van der Waals surface area contributed by atoms with Crippen molar-refractivity contribution in [3.05, 3.63) is 0 Å². The van der Waals surface area contributed by atoms with Crippen molar-refractivity contribution in [2.24, 2.45) is 0 Å². The van der Waals surface area contributed by atoms with Gasteiger partial charge in [-0.1, -0.05) is 0 Å². The zero-order valence-electron chi connectivity index (χ0n) is 5.21. The molecule has 5 heteroatoms. The molecule has 0 aromatic heterocycles. The van der Waals surface area contributed by atoms with Gasteiger partial charge in [-0.05, 0) is 0 Å². The minimum absolute atomic E-state index is 0.0521. The molecule has 0 spiro atoms. The maximum absolute atomic E-state index is 8.93. The van der Waals surface area contributed by atoms with Gasteiger partial charge in [0.15, 0.2) is 6.29 Å². The average Bonchev–Trinajstić information content (AvgIpc) is 2.14. The van der Waals surface area contributed by atoms with E-state index in [1.54, 1.807) is 0 Å². The number of rotatable bonds is 1. The van der Waals surface area contributed by atoms with E-state index in [1.807, 2.05) is 0 Å². The van der Waals surface area contributed by atoms with Crippen LogP contribution in [0.15, 0.2) is 0 Å². The summed E-state index contributed by atoms with van der Waals surface area (Å²) in [4.78, 5) is 0. The van der Waals surface area contributed by atoms with Crippen LogP contribution >= 0.6 is 0 Å². The van der Waals surface area contributed by atoms with E-state index in [0.29, 0.717) is 0 Å². The minimum atomic E-state index is -1.73. The van der Waals surface area contributed by atoms with Crippen LogP contribution < -0.4 is 0 Å². The molecule has 1 rings (SSSR count). The molecule has 1 heterocycles. The first-order valence-corrected chi connectivity index (χ1v) is 2.97. The molecule has 1 aliphatic heterocycles. The van der Waals surface area contributed by atoms with E-state index >= 15 is 0 Å². The lowest BCUT2D eigenvalue weighted by molar-refractivity contribution is -0.151. The molecule has 1 saturated heterocycles. The fourth-order valence-electron chi connectivity index (χ4n) is 0.888. The van der Waals surface area contributed by atoms with Crippen LogP contribution in [0, 0.1) is 0 Å². The standard InChI is InChI=1S/C5H10O5/c6-2-1-10-4(3(2)7)5(8)9/h2-9H,1H2. The van der Waals surface area contributed by atoms with Crippen molar-refractivity contribution < 1.29 is 25.2 Å². The van der Waals surface area contributed by atoms with Gasteiger partial charge in [-0.15, -0.1) is 0 Å². The maximum atomic E-state index is 8.93. The second kappa shape index (κ2) is 2.81. The van der Waals surface area contributed by atoms with Crippen molar-refractivity contribution in [2.45, 2.75) is 24.6 Å². The maximum Gasteiger partial charge on any atom is 0.181 e. The summed E-state index contributed by atoms with van der Waals surface area (Å²) in [7, 11) is 0. The zero-order valence-corrected chi connectivity index (χ0v) is 5.21. The number of hydrogen-bond donors (Lipinski definition) is 4. The highest BCUT2D eigenvalue weighted by atomic mass is 16.6. The van der Waals surface area contributed by atoms with E-state index in [2.05, 4.69) is 4.74 Å². The molecular formula is C5H10O5. The molecule has 0 aromatic carbocycles. The third-order valence-corrected chi connectivity index (χ3v) is 1.48. The van der Waals surface area contributed by atoms with E-state index in [1.165, 1.54) is 0 Å². The third kappa shape index (κ3) is 1.28. The van der Waals surface area contributed by atoms with Gasteiger partial charge in [0.1, 0.15) is 18.3 Å². The van der Waals surface area contributed by atoms with E-state index in [0.717, 1.165) is 0 Å². The minimum Gasteiger partial charge on any atom is -0.388 e. The Morgan fingerprint density at radius 3 is 2.10 bits per heavy atom. The van der Waals surface area contributed by atoms with Crippen molar-refractivity contribution in [1.82, 2.24) is 0 Å². The van der Waals surface area contributed by atoms with Gasteiger partial charge < -0.3 is 25.2 Å². The molecule has 4 N–H and O–H groups in total. The van der Waals surface area contributed by atoms with Crippen LogP contribution in [-0.4, -0.2) is 51.6 Å². The predicted octanol–water partition coefficient (Wildman–Crippen LogP) is -2.58. The molecule has 5 nitrogen and oxygen atoms in total. The summed E-state index contributed by atoms with van der Waals surface area (Å²) >= 11 is 0. The van der Waals surface area contributed by atoms with Gasteiger partial charge in [-0.3, -0.25) is 0 Å². The van der Waals surface area contributed by atoms with Crippen molar-refractivity contribution in [3.8, 4) is 0 Å². The number of ether oxygens (including phenoxy) is 1. The Kier molecular flexibility index (Phi) is 2.22. The largest absolute Gasteiger partial charge is 0.388 e. The van der Waals surface area contributed by atoms with Crippen LogP contribution in [0.2, 0.25) is 0 Å². The molecule has 0 saturated carbocycles. The zero-order chi connectivity index (χ0) is 7.72. The summed E-state index contributed by atoms with van der Waals surface area (Å²) in [5, 5.41) is 34.8. The summed E-state index contributed by atoms with van der Waals surface area (Å²) in [6.07, 6.45) is -5.01. The molecule has 3 unspecified atom stereocenters. The highest BCUT2D eigenvalue weighted by molar-refractivity contribution is 4.83. The summed E-state index contributed by atoms with van der Waals surface area (Å²) in [5.41, 5.74) is 0. The number of hydrogen-bond acceptors (Lipinski definition) is 5. The van der Waals surface area contributed by atoms with Crippen molar-refractivity contribution >= 4 is 0 Å². The fraction of sp³-hybridized carbons (Fsp3) is 1.00. The Hall–Kier alpha value is -0.200. The highest BCUT2D eigenvalue weighted by Crippen LogP contribution is 2.15. The van der Waals surface area contributed by atoms with E-state index in [4.69, 9.17) is 20.4 Å². The Labute approximate surface area is 57.5 Å². The van der Waals surface area contributed by atoms with Crippen LogP contribution in [0.4, 0.5) is 0 Å². The summed E-state index contributed by atoms with van der Waals surface area (Å²) in [5.74, 6) is 0. The molecule has 60 valence electrons. The lowest BCUT2D eigenvalue weighted by Gasteiger charge is -2.15. The summed E-state index contributed by atoms with van der Waals surface area (Å²) in [6, 6.07) is 0. The molecule has 0 aromatic rings. The average molecular weight is 150 g/mol. The van der Waals surface area contributed by atoms with Gasteiger partial charge in [0.05, 0.1) is 6.61 Å². The second-order valence-electron chi connectivity index (χ2n) is 2.27. The molecule has 0 bridgehead atoms. The second-order valence-corrected chi connectivity index (χ2v) is 2.27. The lowest BCUT2D eigenvalue weighted by atomic mass is 10.1. The van der Waals surface area contributed by atoms with Crippen LogP contribution in [-0.2, 0) is 4.74 Å². The van der Waals surface area contributed by atoms with Gasteiger partial charge in [0.2, 0.25) is 0 Å². The Morgan fingerprint density at radius 2 is 1.90 bits per heavy atom. The third-order valence-electron chi connectivity index (χ3n) is 1.48. The van der Waals surface area contributed by atoms with Gasteiger partial charge in [0.25, 0.3) is 0 Å². The quantitative estimate of drug-likeness (QED) is 0.308. The highest BCUT2D eigenvalue weighted by Gasteiger charge is 2.38. The molecule has 0 aliphatic carbocycles. The number of aliphatic hydroxyl groups is 4. The van der Waals surface area contributed by atoms with Crippen LogP contribution in [0.5, 0.6) is 0 Å². The first-order valence-electron chi connectivity index (χ1n) is 2.97. The Morgan fingerprint density at radius 1 is 1.30 bits per heavy atom. The number of aliphatic hydroxyl groups excluding tert-OH is 3.